The second kappa shape index (κ2) is 2.94. The van der Waals surface area contributed by atoms with Crippen LogP contribution >= 0.6 is 0 Å². The van der Waals surface area contributed by atoms with Crippen LogP contribution in [0, 0.1) is 0 Å². The molecule has 1 aromatic heterocycles. The fraction of sp³-hybridized carbons (Fsp3) is 0.429. The lowest BCUT2D eigenvalue weighted by molar-refractivity contribution is -0.0830. The van der Waals surface area contributed by atoms with Crippen molar-refractivity contribution < 1.29 is 9.47 Å². The first-order valence-corrected chi connectivity index (χ1v) is 3.67. The lowest BCUT2D eigenvalue weighted by Gasteiger charge is -2.25. The van der Waals surface area contributed by atoms with E-state index in [0.29, 0.717) is 25.0 Å². The summed E-state index contributed by atoms with van der Waals surface area (Å²) in [5, 5.41) is 0. The maximum atomic E-state index is 5.43. The Kier molecular flexibility index (Phi) is 1.79. The van der Waals surface area contributed by atoms with Gasteiger partial charge in [-0.25, -0.2) is 4.98 Å². The minimum Gasteiger partial charge on any atom is -0.455 e. The molecule has 0 spiro atoms. The van der Waals surface area contributed by atoms with Crippen LogP contribution in [-0.2, 0) is 4.74 Å². The molecule has 0 amide bonds. The van der Waals surface area contributed by atoms with Gasteiger partial charge in [-0.2, -0.15) is 4.98 Å². The third-order valence-corrected chi connectivity index (χ3v) is 1.53. The van der Waals surface area contributed by atoms with E-state index >= 15 is 0 Å². The zero-order valence-electron chi connectivity index (χ0n) is 6.43. The molecule has 2 heterocycles. The van der Waals surface area contributed by atoms with Gasteiger partial charge >= 0.3 is 6.01 Å². The van der Waals surface area contributed by atoms with Gasteiger partial charge in [0.2, 0.25) is 0 Å². The van der Waals surface area contributed by atoms with Crippen molar-refractivity contribution in [3.63, 3.8) is 0 Å². The summed E-state index contributed by atoms with van der Waals surface area (Å²) in [6.45, 7) is 1.22. The number of nitrogens with zero attached hydrogens (tertiary/aromatic N) is 2. The fourth-order valence-electron chi connectivity index (χ4n) is 0.842. The SMILES string of the molecule is Nc1ccnc(OC2COC2)n1. The molecule has 0 atom stereocenters. The Morgan fingerprint density at radius 2 is 2.42 bits per heavy atom. The largest absolute Gasteiger partial charge is 0.455 e. The molecule has 64 valence electrons. The van der Waals surface area contributed by atoms with Gasteiger partial charge in [-0.3, -0.25) is 0 Å². The highest BCUT2D eigenvalue weighted by Gasteiger charge is 2.20. The van der Waals surface area contributed by atoms with Gasteiger partial charge in [-0.15, -0.1) is 0 Å². The van der Waals surface area contributed by atoms with Crippen molar-refractivity contribution >= 4 is 5.82 Å². The molecular formula is C7H9N3O2. The normalized spacial score (nSPS) is 17.0. The monoisotopic (exact) mass is 167 g/mol. The molecular weight excluding hydrogens is 158 g/mol. The summed E-state index contributed by atoms with van der Waals surface area (Å²) in [5.41, 5.74) is 5.43. The lowest BCUT2D eigenvalue weighted by Crippen LogP contribution is -2.39. The molecule has 2 rings (SSSR count). The fourth-order valence-corrected chi connectivity index (χ4v) is 0.842. The van der Waals surface area contributed by atoms with E-state index in [0.717, 1.165) is 0 Å². The van der Waals surface area contributed by atoms with Gasteiger partial charge in [0.1, 0.15) is 11.9 Å². The van der Waals surface area contributed by atoms with Crippen molar-refractivity contribution in [2.45, 2.75) is 6.10 Å². The summed E-state index contributed by atoms with van der Waals surface area (Å²) in [5.74, 6) is 0.417. The van der Waals surface area contributed by atoms with Crippen molar-refractivity contribution in [2.75, 3.05) is 18.9 Å². The van der Waals surface area contributed by atoms with Gasteiger partial charge in [0.25, 0.3) is 0 Å². The van der Waals surface area contributed by atoms with Crippen LogP contribution in [0.3, 0.4) is 0 Å². The third-order valence-electron chi connectivity index (χ3n) is 1.53. The standard InChI is InChI=1S/C7H9N3O2/c8-6-1-2-9-7(10-6)12-5-3-11-4-5/h1-2,5H,3-4H2,(H2,8,9,10). The van der Waals surface area contributed by atoms with Gasteiger partial charge in [0.05, 0.1) is 13.2 Å². The topological polar surface area (TPSA) is 70.3 Å². The number of hydrogen-bond acceptors (Lipinski definition) is 5. The van der Waals surface area contributed by atoms with Gasteiger partial charge in [-0.1, -0.05) is 0 Å². The Labute approximate surface area is 69.5 Å². The van der Waals surface area contributed by atoms with Crippen LogP contribution in [-0.4, -0.2) is 29.3 Å². The second-order valence-corrected chi connectivity index (χ2v) is 2.54. The highest BCUT2D eigenvalue weighted by Crippen LogP contribution is 2.10. The number of nitrogens with two attached hydrogens (primary N) is 1. The van der Waals surface area contributed by atoms with Crippen molar-refractivity contribution in [2.24, 2.45) is 0 Å². The lowest BCUT2D eigenvalue weighted by atomic mass is 10.3. The quantitative estimate of drug-likeness (QED) is 0.662. The number of aromatic nitrogens is 2. The minimum absolute atomic E-state index is 0.0896. The highest BCUT2D eigenvalue weighted by molar-refractivity contribution is 5.26. The van der Waals surface area contributed by atoms with Crippen molar-refractivity contribution in [3.05, 3.63) is 12.3 Å². The maximum Gasteiger partial charge on any atom is 0.318 e. The molecule has 0 radical (unpaired) electrons. The Hall–Kier alpha value is -1.36. The van der Waals surface area contributed by atoms with Gasteiger partial charge in [0, 0.05) is 6.20 Å². The van der Waals surface area contributed by atoms with Gasteiger partial charge < -0.3 is 15.2 Å². The molecule has 0 bridgehead atoms. The van der Waals surface area contributed by atoms with Crippen LogP contribution in [0.2, 0.25) is 0 Å². The Bertz CT molecular complexity index is 275. The number of anilines is 1. The van der Waals surface area contributed by atoms with Crippen LogP contribution in [0.1, 0.15) is 0 Å². The summed E-state index contributed by atoms with van der Waals surface area (Å²) >= 11 is 0. The Balaban J connectivity index is 2.02. The van der Waals surface area contributed by atoms with Crippen LogP contribution in [0.15, 0.2) is 12.3 Å². The molecule has 5 nitrogen and oxygen atoms in total. The van der Waals surface area contributed by atoms with Crippen molar-refractivity contribution in [1.82, 2.24) is 9.97 Å². The molecule has 0 aliphatic carbocycles. The average molecular weight is 167 g/mol. The molecule has 0 aromatic carbocycles. The smallest absolute Gasteiger partial charge is 0.318 e. The number of rotatable bonds is 2. The molecule has 0 saturated carbocycles. The Morgan fingerprint density at radius 1 is 1.58 bits per heavy atom. The van der Waals surface area contributed by atoms with E-state index in [1.165, 1.54) is 0 Å². The maximum absolute atomic E-state index is 5.43. The number of ether oxygens (including phenoxy) is 2. The summed E-state index contributed by atoms with van der Waals surface area (Å²) < 4.78 is 10.2. The minimum atomic E-state index is 0.0896. The van der Waals surface area contributed by atoms with Crippen molar-refractivity contribution in [3.8, 4) is 6.01 Å². The predicted octanol–water partition coefficient (Wildman–Crippen LogP) is -0.164. The van der Waals surface area contributed by atoms with E-state index in [9.17, 15) is 0 Å². The first kappa shape index (κ1) is 7.30. The van der Waals surface area contributed by atoms with E-state index < -0.39 is 0 Å². The average Bonchev–Trinajstić information content (AvgIpc) is 1.97. The number of nitrogen functional groups attached to an aromatic ring is 1. The molecule has 1 fully saturated rings. The van der Waals surface area contributed by atoms with E-state index in [1.54, 1.807) is 12.3 Å². The molecule has 5 heteroatoms. The zero-order chi connectivity index (χ0) is 8.39. The van der Waals surface area contributed by atoms with Crippen LogP contribution in [0.5, 0.6) is 6.01 Å². The van der Waals surface area contributed by atoms with Gasteiger partial charge in [-0.05, 0) is 6.07 Å². The van der Waals surface area contributed by atoms with Crippen LogP contribution in [0.25, 0.3) is 0 Å². The molecule has 1 saturated heterocycles. The Morgan fingerprint density at radius 3 is 3.00 bits per heavy atom. The molecule has 0 unspecified atom stereocenters. The van der Waals surface area contributed by atoms with Crippen molar-refractivity contribution in [1.29, 1.82) is 0 Å². The molecule has 1 aliphatic rings. The van der Waals surface area contributed by atoms with Gasteiger partial charge in [0.15, 0.2) is 0 Å². The van der Waals surface area contributed by atoms with E-state index in [2.05, 4.69) is 9.97 Å². The zero-order valence-corrected chi connectivity index (χ0v) is 6.43. The number of hydrogen-bond donors (Lipinski definition) is 1. The second-order valence-electron chi connectivity index (χ2n) is 2.54. The molecule has 2 N–H and O–H groups in total. The van der Waals surface area contributed by atoms with Crippen LogP contribution < -0.4 is 10.5 Å². The summed E-state index contributed by atoms with van der Waals surface area (Å²) in [7, 11) is 0. The molecule has 12 heavy (non-hydrogen) atoms. The van der Waals surface area contributed by atoms with E-state index in [1.807, 2.05) is 0 Å². The van der Waals surface area contributed by atoms with Crippen LogP contribution in [0.4, 0.5) is 5.82 Å². The first-order chi connectivity index (χ1) is 5.84. The van der Waals surface area contributed by atoms with E-state index in [-0.39, 0.29) is 6.10 Å². The van der Waals surface area contributed by atoms with E-state index in [4.69, 9.17) is 15.2 Å². The molecule has 1 aromatic rings. The summed E-state index contributed by atoms with van der Waals surface area (Å²) in [6, 6.07) is 1.94. The predicted molar refractivity (Wildman–Crippen MR) is 41.7 cm³/mol. The first-order valence-electron chi connectivity index (χ1n) is 3.67. The highest BCUT2D eigenvalue weighted by atomic mass is 16.6. The molecule has 1 aliphatic heterocycles. The third kappa shape index (κ3) is 1.45. The summed E-state index contributed by atoms with van der Waals surface area (Å²) in [4.78, 5) is 7.78. The summed E-state index contributed by atoms with van der Waals surface area (Å²) in [6.07, 6.45) is 1.66.